The summed E-state index contributed by atoms with van der Waals surface area (Å²) in [5, 5.41) is 14.4. The number of hydrogen-bond acceptors (Lipinski definition) is 5. The highest BCUT2D eigenvalue weighted by molar-refractivity contribution is 5.70. The monoisotopic (exact) mass is 251 g/mol. The number of hydrogen-bond donors (Lipinski definition) is 1. The number of para-hydroxylation sites is 1. The molecule has 1 aliphatic heterocycles. The number of nitrogens with one attached hydrogen (secondary N) is 1. The maximum Gasteiger partial charge on any atom is 0.333 e. The lowest BCUT2D eigenvalue weighted by Gasteiger charge is -2.19. The van der Waals surface area contributed by atoms with Gasteiger partial charge in [0.15, 0.2) is 5.75 Å². The summed E-state index contributed by atoms with van der Waals surface area (Å²) in [5.74, 6) is 0.311. The zero-order chi connectivity index (χ0) is 13.1. The van der Waals surface area contributed by atoms with Crippen molar-refractivity contribution < 1.29 is 9.66 Å². The topological polar surface area (TPSA) is 67.6 Å². The second kappa shape index (κ2) is 5.22. The Kier molecular flexibility index (Phi) is 3.66. The normalized spacial score (nSPS) is 19.0. The van der Waals surface area contributed by atoms with E-state index in [1.54, 1.807) is 18.2 Å². The van der Waals surface area contributed by atoms with Gasteiger partial charge in [-0.1, -0.05) is 6.07 Å². The first-order valence-electron chi connectivity index (χ1n) is 5.91. The molecule has 0 aliphatic carbocycles. The third-order valence-corrected chi connectivity index (χ3v) is 3.32. The molecule has 1 atom stereocenters. The second-order valence-corrected chi connectivity index (χ2v) is 4.31. The van der Waals surface area contributed by atoms with Gasteiger partial charge in [0.2, 0.25) is 0 Å². The number of likely N-dealkylation sites (N-methyl/N-ethyl adjacent to an activating group) is 1. The van der Waals surface area contributed by atoms with E-state index >= 15 is 0 Å². The van der Waals surface area contributed by atoms with Crippen LogP contribution in [-0.4, -0.2) is 38.2 Å². The Bertz CT molecular complexity index is 450. The fourth-order valence-corrected chi connectivity index (χ4v) is 2.33. The van der Waals surface area contributed by atoms with Gasteiger partial charge in [-0.3, -0.25) is 10.1 Å². The molecule has 1 aromatic rings. The van der Waals surface area contributed by atoms with Crippen molar-refractivity contribution >= 4 is 11.4 Å². The molecule has 6 heteroatoms. The highest BCUT2D eigenvalue weighted by atomic mass is 16.6. The van der Waals surface area contributed by atoms with Crippen molar-refractivity contribution in [3.05, 3.63) is 28.3 Å². The molecule has 0 saturated carbocycles. The summed E-state index contributed by atoms with van der Waals surface area (Å²) >= 11 is 0. The first-order valence-corrected chi connectivity index (χ1v) is 5.91. The van der Waals surface area contributed by atoms with Crippen molar-refractivity contribution in [3.8, 4) is 5.75 Å². The van der Waals surface area contributed by atoms with E-state index in [0.29, 0.717) is 17.5 Å². The molecular formula is C12H17N3O3. The zero-order valence-corrected chi connectivity index (χ0v) is 10.5. The van der Waals surface area contributed by atoms with Crippen LogP contribution < -0.4 is 15.0 Å². The van der Waals surface area contributed by atoms with Crippen LogP contribution in [0, 0.1) is 10.1 Å². The Balaban J connectivity index is 2.36. The van der Waals surface area contributed by atoms with E-state index in [-0.39, 0.29) is 10.6 Å². The van der Waals surface area contributed by atoms with Crippen LogP contribution in [0.1, 0.15) is 6.42 Å². The molecule has 0 radical (unpaired) electrons. The predicted molar refractivity (Wildman–Crippen MR) is 69.3 cm³/mol. The molecule has 18 heavy (non-hydrogen) atoms. The zero-order valence-electron chi connectivity index (χ0n) is 10.5. The summed E-state index contributed by atoms with van der Waals surface area (Å²) in [4.78, 5) is 12.8. The Morgan fingerprint density at radius 3 is 2.89 bits per heavy atom. The summed E-state index contributed by atoms with van der Waals surface area (Å²) in [7, 11) is 3.36. The SMILES string of the molecule is CNC1CCN(c2cccc(OC)c2[N+](=O)[O-])C1. The third-order valence-electron chi connectivity index (χ3n) is 3.32. The summed E-state index contributed by atoms with van der Waals surface area (Å²) < 4.78 is 5.08. The molecule has 1 aliphatic rings. The van der Waals surface area contributed by atoms with Crippen molar-refractivity contribution in [3.63, 3.8) is 0 Å². The van der Waals surface area contributed by atoms with Crippen LogP contribution >= 0.6 is 0 Å². The van der Waals surface area contributed by atoms with Gasteiger partial charge in [-0.25, -0.2) is 0 Å². The molecule has 6 nitrogen and oxygen atoms in total. The molecule has 1 N–H and O–H groups in total. The Labute approximate surface area is 106 Å². The van der Waals surface area contributed by atoms with Gasteiger partial charge in [-0.2, -0.15) is 0 Å². The van der Waals surface area contributed by atoms with E-state index in [1.165, 1.54) is 7.11 Å². The highest BCUT2D eigenvalue weighted by Crippen LogP contribution is 2.38. The number of benzene rings is 1. The largest absolute Gasteiger partial charge is 0.490 e. The van der Waals surface area contributed by atoms with Crippen molar-refractivity contribution in [2.45, 2.75) is 12.5 Å². The van der Waals surface area contributed by atoms with Crippen LogP contribution in [0.25, 0.3) is 0 Å². The smallest absolute Gasteiger partial charge is 0.333 e. The number of rotatable bonds is 4. The van der Waals surface area contributed by atoms with Crippen molar-refractivity contribution in [1.82, 2.24) is 5.32 Å². The minimum Gasteiger partial charge on any atom is -0.490 e. The number of nitrogens with zero attached hydrogens (tertiary/aromatic N) is 2. The first-order chi connectivity index (χ1) is 8.67. The maximum atomic E-state index is 11.2. The summed E-state index contributed by atoms with van der Waals surface area (Å²) in [6, 6.07) is 5.57. The van der Waals surface area contributed by atoms with Gasteiger partial charge in [0, 0.05) is 19.1 Å². The summed E-state index contributed by atoms with van der Waals surface area (Å²) in [5.41, 5.74) is 0.689. The van der Waals surface area contributed by atoms with E-state index < -0.39 is 0 Å². The fraction of sp³-hybridized carbons (Fsp3) is 0.500. The van der Waals surface area contributed by atoms with Gasteiger partial charge in [0.05, 0.1) is 12.0 Å². The fourth-order valence-electron chi connectivity index (χ4n) is 2.33. The lowest BCUT2D eigenvalue weighted by atomic mass is 10.2. The Morgan fingerprint density at radius 2 is 2.33 bits per heavy atom. The molecule has 2 rings (SSSR count). The van der Waals surface area contributed by atoms with Gasteiger partial charge < -0.3 is 15.0 Å². The number of ether oxygens (including phenoxy) is 1. The average Bonchev–Trinajstić information content (AvgIpc) is 2.86. The van der Waals surface area contributed by atoms with E-state index in [9.17, 15) is 10.1 Å². The molecule has 98 valence electrons. The van der Waals surface area contributed by atoms with Crippen LogP contribution in [-0.2, 0) is 0 Å². The molecule has 1 fully saturated rings. The Morgan fingerprint density at radius 1 is 1.56 bits per heavy atom. The van der Waals surface area contributed by atoms with E-state index in [4.69, 9.17) is 4.74 Å². The second-order valence-electron chi connectivity index (χ2n) is 4.31. The average molecular weight is 251 g/mol. The number of nitro benzene ring substituents is 1. The number of methoxy groups -OCH3 is 1. The van der Waals surface area contributed by atoms with Crippen LogP contribution in [0.15, 0.2) is 18.2 Å². The molecule has 1 unspecified atom stereocenters. The van der Waals surface area contributed by atoms with Gasteiger partial charge in [-0.05, 0) is 25.6 Å². The highest BCUT2D eigenvalue weighted by Gasteiger charge is 2.29. The minimum atomic E-state index is -0.374. The standard InChI is InChI=1S/C12H17N3O3/c1-13-9-6-7-14(8-9)10-4-3-5-11(18-2)12(10)15(16)17/h3-5,9,13H,6-8H2,1-2H3. The molecule has 1 aromatic carbocycles. The molecule has 1 saturated heterocycles. The minimum absolute atomic E-state index is 0.0525. The van der Waals surface area contributed by atoms with Crippen molar-refractivity contribution in [2.24, 2.45) is 0 Å². The van der Waals surface area contributed by atoms with Crippen LogP contribution in [0.5, 0.6) is 5.75 Å². The molecule has 0 bridgehead atoms. The molecular weight excluding hydrogens is 234 g/mol. The predicted octanol–water partition coefficient (Wildman–Crippen LogP) is 1.40. The van der Waals surface area contributed by atoms with Crippen molar-refractivity contribution in [1.29, 1.82) is 0 Å². The van der Waals surface area contributed by atoms with Gasteiger partial charge >= 0.3 is 5.69 Å². The van der Waals surface area contributed by atoms with E-state index in [2.05, 4.69) is 5.32 Å². The van der Waals surface area contributed by atoms with Crippen LogP contribution in [0.2, 0.25) is 0 Å². The van der Waals surface area contributed by atoms with Crippen LogP contribution in [0.4, 0.5) is 11.4 Å². The molecule has 0 aromatic heterocycles. The molecule has 0 amide bonds. The van der Waals surface area contributed by atoms with Gasteiger partial charge in [0.25, 0.3) is 0 Å². The summed E-state index contributed by atoms with van der Waals surface area (Å²) in [6.07, 6.45) is 0.991. The van der Waals surface area contributed by atoms with Crippen LogP contribution in [0.3, 0.4) is 0 Å². The summed E-state index contributed by atoms with van der Waals surface area (Å²) in [6.45, 7) is 1.60. The first kappa shape index (κ1) is 12.6. The number of nitro groups is 1. The van der Waals surface area contributed by atoms with E-state index in [1.807, 2.05) is 11.9 Å². The maximum absolute atomic E-state index is 11.2. The van der Waals surface area contributed by atoms with Gasteiger partial charge in [-0.15, -0.1) is 0 Å². The lowest BCUT2D eigenvalue weighted by Crippen LogP contribution is -2.29. The van der Waals surface area contributed by atoms with Crippen molar-refractivity contribution in [2.75, 3.05) is 32.1 Å². The Hall–Kier alpha value is -1.82. The molecule has 0 spiro atoms. The molecule has 1 heterocycles. The van der Waals surface area contributed by atoms with E-state index in [0.717, 1.165) is 19.5 Å². The quantitative estimate of drug-likeness (QED) is 0.647. The number of anilines is 1. The van der Waals surface area contributed by atoms with Gasteiger partial charge in [0.1, 0.15) is 5.69 Å². The lowest BCUT2D eigenvalue weighted by molar-refractivity contribution is -0.385. The third kappa shape index (κ3) is 2.24.